The molecule has 0 saturated heterocycles. The molecule has 0 unspecified atom stereocenters. The van der Waals surface area contributed by atoms with Crippen molar-refractivity contribution in [1.29, 1.82) is 0 Å². The topological polar surface area (TPSA) is 97.2 Å². The number of nitrogens with zero attached hydrogens (tertiary/aromatic N) is 4. The SMILES string of the molecule is C=CCn1c(C)nnc1SCC(=O)Nc1ccc(S(=O)(=O)N(CC)CC)cc1. The lowest BCUT2D eigenvalue weighted by atomic mass is 10.3. The van der Waals surface area contributed by atoms with E-state index in [0.29, 0.717) is 30.5 Å². The third kappa shape index (κ3) is 5.21. The minimum atomic E-state index is -3.51. The van der Waals surface area contributed by atoms with Crippen LogP contribution in [0.15, 0.2) is 47.0 Å². The van der Waals surface area contributed by atoms with E-state index in [1.807, 2.05) is 11.5 Å². The van der Waals surface area contributed by atoms with Gasteiger partial charge in [0.05, 0.1) is 10.6 Å². The van der Waals surface area contributed by atoms with Crippen molar-refractivity contribution in [3.8, 4) is 0 Å². The van der Waals surface area contributed by atoms with Crippen LogP contribution >= 0.6 is 11.8 Å². The molecule has 1 aromatic carbocycles. The van der Waals surface area contributed by atoms with Crippen molar-refractivity contribution in [3.63, 3.8) is 0 Å². The molecule has 0 bridgehead atoms. The first kappa shape index (κ1) is 22.1. The van der Waals surface area contributed by atoms with Crippen molar-refractivity contribution in [2.45, 2.75) is 37.4 Å². The number of hydrogen-bond donors (Lipinski definition) is 1. The van der Waals surface area contributed by atoms with Crippen LogP contribution < -0.4 is 5.32 Å². The monoisotopic (exact) mass is 423 g/mol. The standard InChI is InChI=1S/C18H25N5O3S2/c1-5-12-23-14(4)20-21-18(23)27-13-17(24)19-15-8-10-16(11-9-15)28(25,26)22(6-2)7-3/h5,8-11H,1,6-7,12-13H2,2-4H3,(H,19,24). The Morgan fingerprint density at radius 1 is 1.25 bits per heavy atom. The number of hydrogen-bond acceptors (Lipinski definition) is 6. The third-order valence-corrected chi connectivity index (χ3v) is 7.06. The molecule has 8 nitrogen and oxygen atoms in total. The number of nitrogens with one attached hydrogen (secondary N) is 1. The van der Waals surface area contributed by atoms with Crippen LogP contribution in [0.1, 0.15) is 19.7 Å². The summed E-state index contributed by atoms with van der Waals surface area (Å²) in [5, 5.41) is 11.5. The van der Waals surface area contributed by atoms with Crippen LogP contribution in [0.5, 0.6) is 0 Å². The van der Waals surface area contributed by atoms with Crippen LogP contribution in [0, 0.1) is 6.92 Å². The molecule has 0 radical (unpaired) electrons. The van der Waals surface area contributed by atoms with E-state index in [4.69, 9.17) is 0 Å². The summed E-state index contributed by atoms with van der Waals surface area (Å²) in [5.74, 6) is 0.706. The molecule has 28 heavy (non-hydrogen) atoms. The Hall–Kier alpha value is -2.17. The number of carbonyl (C=O) groups is 1. The zero-order valence-electron chi connectivity index (χ0n) is 16.3. The molecule has 2 rings (SSSR count). The van der Waals surface area contributed by atoms with Crippen molar-refractivity contribution >= 4 is 33.4 Å². The second-order valence-electron chi connectivity index (χ2n) is 5.88. The molecule has 1 aromatic heterocycles. The molecule has 0 fully saturated rings. The number of carbonyl (C=O) groups excluding carboxylic acids is 1. The van der Waals surface area contributed by atoms with Crippen LogP contribution in [0.4, 0.5) is 5.69 Å². The molecule has 10 heteroatoms. The van der Waals surface area contributed by atoms with Gasteiger partial charge < -0.3 is 9.88 Å². The lowest BCUT2D eigenvalue weighted by Gasteiger charge is -2.18. The minimum Gasteiger partial charge on any atom is -0.325 e. The van der Waals surface area contributed by atoms with Gasteiger partial charge in [0.25, 0.3) is 0 Å². The van der Waals surface area contributed by atoms with Crippen LogP contribution in [0.25, 0.3) is 0 Å². The van der Waals surface area contributed by atoms with Crippen LogP contribution in [-0.4, -0.2) is 52.2 Å². The van der Waals surface area contributed by atoms with E-state index in [-0.39, 0.29) is 16.6 Å². The second kappa shape index (κ2) is 9.85. The van der Waals surface area contributed by atoms with Gasteiger partial charge in [-0.1, -0.05) is 31.7 Å². The number of benzene rings is 1. The van der Waals surface area contributed by atoms with Gasteiger partial charge in [-0.15, -0.1) is 16.8 Å². The quantitative estimate of drug-likeness (QED) is 0.466. The first-order valence-corrected chi connectivity index (χ1v) is 11.3. The Balaban J connectivity index is 1.99. The molecule has 2 aromatic rings. The van der Waals surface area contributed by atoms with Gasteiger partial charge in [-0.05, 0) is 31.2 Å². The summed E-state index contributed by atoms with van der Waals surface area (Å²) < 4.78 is 28.2. The second-order valence-corrected chi connectivity index (χ2v) is 8.76. The van der Waals surface area contributed by atoms with Crippen LogP contribution in [0.2, 0.25) is 0 Å². The summed E-state index contributed by atoms with van der Waals surface area (Å²) >= 11 is 1.28. The maximum Gasteiger partial charge on any atom is 0.243 e. The first-order chi connectivity index (χ1) is 13.3. The molecule has 0 spiro atoms. The summed E-state index contributed by atoms with van der Waals surface area (Å²) in [6.45, 7) is 10.5. The molecule has 0 saturated carbocycles. The lowest BCUT2D eigenvalue weighted by molar-refractivity contribution is -0.113. The van der Waals surface area contributed by atoms with Gasteiger partial charge in [0, 0.05) is 25.3 Å². The molecule has 1 N–H and O–H groups in total. The molecule has 1 amide bonds. The average Bonchev–Trinajstić information content (AvgIpc) is 3.01. The number of sulfonamides is 1. The maximum atomic E-state index is 12.5. The summed E-state index contributed by atoms with van der Waals surface area (Å²) in [6, 6.07) is 6.17. The number of aryl methyl sites for hydroxylation is 1. The van der Waals surface area contributed by atoms with Gasteiger partial charge in [-0.3, -0.25) is 4.79 Å². The van der Waals surface area contributed by atoms with E-state index in [1.54, 1.807) is 32.1 Å². The minimum absolute atomic E-state index is 0.161. The highest BCUT2D eigenvalue weighted by atomic mass is 32.2. The Morgan fingerprint density at radius 3 is 2.46 bits per heavy atom. The predicted octanol–water partition coefficient (Wildman–Crippen LogP) is 2.53. The van der Waals surface area contributed by atoms with E-state index in [2.05, 4.69) is 22.1 Å². The summed E-state index contributed by atoms with van der Waals surface area (Å²) in [5.41, 5.74) is 0.535. The highest BCUT2D eigenvalue weighted by molar-refractivity contribution is 7.99. The Morgan fingerprint density at radius 2 is 1.89 bits per heavy atom. The van der Waals surface area contributed by atoms with E-state index in [1.165, 1.54) is 28.2 Å². The number of rotatable bonds is 10. The van der Waals surface area contributed by atoms with Gasteiger partial charge >= 0.3 is 0 Å². The number of aromatic nitrogens is 3. The molecule has 0 atom stereocenters. The zero-order valence-corrected chi connectivity index (χ0v) is 17.9. The number of allylic oxidation sites excluding steroid dienone is 1. The van der Waals surface area contributed by atoms with Crippen molar-refractivity contribution < 1.29 is 13.2 Å². The van der Waals surface area contributed by atoms with Crippen LogP contribution in [0.3, 0.4) is 0 Å². The normalized spacial score (nSPS) is 11.6. The summed E-state index contributed by atoms with van der Waals surface area (Å²) in [7, 11) is -3.51. The number of thioether (sulfide) groups is 1. The molecule has 0 aliphatic carbocycles. The number of anilines is 1. The van der Waals surface area contributed by atoms with E-state index in [0.717, 1.165) is 5.82 Å². The highest BCUT2D eigenvalue weighted by Gasteiger charge is 2.21. The molecular weight excluding hydrogens is 398 g/mol. The molecule has 0 aliphatic rings. The predicted molar refractivity (Wildman–Crippen MR) is 111 cm³/mol. The molecule has 0 aliphatic heterocycles. The smallest absolute Gasteiger partial charge is 0.243 e. The largest absolute Gasteiger partial charge is 0.325 e. The fraction of sp³-hybridized carbons (Fsp3) is 0.389. The van der Waals surface area contributed by atoms with Crippen molar-refractivity contribution in [3.05, 3.63) is 42.7 Å². The summed E-state index contributed by atoms with van der Waals surface area (Å²) in [4.78, 5) is 12.4. The Bertz CT molecular complexity index is 919. The van der Waals surface area contributed by atoms with Gasteiger partial charge in [0.2, 0.25) is 15.9 Å². The zero-order chi connectivity index (χ0) is 20.7. The van der Waals surface area contributed by atoms with Gasteiger partial charge in [-0.25, -0.2) is 8.42 Å². The molecule has 1 heterocycles. The van der Waals surface area contributed by atoms with E-state index in [9.17, 15) is 13.2 Å². The van der Waals surface area contributed by atoms with E-state index < -0.39 is 10.0 Å². The third-order valence-electron chi connectivity index (χ3n) is 4.03. The molecular formula is C18H25N5O3S2. The lowest BCUT2D eigenvalue weighted by Crippen LogP contribution is -2.30. The van der Waals surface area contributed by atoms with Gasteiger partial charge in [-0.2, -0.15) is 4.31 Å². The van der Waals surface area contributed by atoms with Crippen molar-refractivity contribution in [2.75, 3.05) is 24.2 Å². The van der Waals surface area contributed by atoms with Crippen molar-refractivity contribution in [2.24, 2.45) is 0 Å². The van der Waals surface area contributed by atoms with E-state index >= 15 is 0 Å². The van der Waals surface area contributed by atoms with Gasteiger partial charge in [0.1, 0.15) is 5.82 Å². The fourth-order valence-corrected chi connectivity index (χ4v) is 4.81. The fourth-order valence-electron chi connectivity index (χ4n) is 2.56. The van der Waals surface area contributed by atoms with Gasteiger partial charge in [0.15, 0.2) is 5.16 Å². The molecule has 152 valence electrons. The van der Waals surface area contributed by atoms with Crippen molar-refractivity contribution in [1.82, 2.24) is 19.1 Å². The Labute approximate surface area is 170 Å². The maximum absolute atomic E-state index is 12.5. The first-order valence-electron chi connectivity index (χ1n) is 8.87. The summed E-state index contributed by atoms with van der Waals surface area (Å²) in [6.07, 6.45) is 1.74. The average molecular weight is 424 g/mol. The number of amides is 1. The van der Waals surface area contributed by atoms with Crippen LogP contribution in [-0.2, 0) is 21.4 Å². The Kier molecular flexibility index (Phi) is 7.78. The highest BCUT2D eigenvalue weighted by Crippen LogP contribution is 2.20.